The zero-order chi connectivity index (χ0) is 35.7. The van der Waals surface area contributed by atoms with Crippen LogP contribution in [-0.4, -0.2) is 40.6 Å². The maximum Gasteiger partial charge on any atom is 0.343 e. The largest absolute Gasteiger partial charge is 0.461 e. The van der Waals surface area contributed by atoms with E-state index in [1.54, 1.807) is 42.7 Å². The second-order valence-electron chi connectivity index (χ2n) is 14.1. The third kappa shape index (κ3) is 8.29. The maximum atomic E-state index is 13.3. The van der Waals surface area contributed by atoms with Gasteiger partial charge in [-0.05, 0) is 107 Å². The van der Waals surface area contributed by atoms with Crippen molar-refractivity contribution in [3.63, 3.8) is 0 Å². The highest BCUT2D eigenvalue weighted by molar-refractivity contribution is 5.95. The summed E-state index contributed by atoms with van der Waals surface area (Å²) in [6.07, 6.45) is 25.6. The summed E-state index contributed by atoms with van der Waals surface area (Å²) in [7, 11) is 0. The molecule has 5 rings (SSSR count). The van der Waals surface area contributed by atoms with E-state index >= 15 is 0 Å². The molecule has 0 saturated heterocycles. The minimum atomic E-state index is -0.715. The summed E-state index contributed by atoms with van der Waals surface area (Å²) in [5.41, 5.74) is 2.32. The summed E-state index contributed by atoms with van der Waals surface area (Å²) in [6.45, 7) is 12.9. The van der Waals surface area contributed by atoms with Gasteiger partial charge in [-0.2, -0.15) is 0 Å². The van der Waals surface area contributed by atoms with E-state index in [0.717, 1.165) is 49.7 Å². The number of allylic oxidation sites excluding steroid dienone is 8. The lowest BCUT2D eigenvalue weighted by molar-refractivity contribution is -0.150. The SMILES string of the molecule is C=C1CCC2C(C)(COC(=O)c3cccnc3)C(OC(=O)c3cccnc3)CCC2(C)C1C=CC1=CC(=CC(C)=CCCCC=CC)OC1=O. The first-order chi connectivity index (χ1) is 24.0. The highest BCUT2D eigenvalue weighted by atomic mass is 16.6. The fourth-order valence-electron chi connectivity index (χ4n) is 7.93. The molecule has 0 radical (unpaired) electrons. The second kappa shape index (κ2) is 16.2. The summed E-state index contributed by atoms with van der Waals surface area (Å²) in [4.78, 5) is 47.5. The number of esters is 3. The minimum Gasteiger partial charge on any atom is -0.461 e. The van der Waals surface area contributed by atoms with Crippen molar-refractivity contribution in [2.75, 3.05) is 6.61 Å². The van der Waals surface area contributed by atoms with Gasteiger partial charge in [0.25, 0.3) is 0 Å². The molecule has 3 heterocycles. The first-order valence-corrected chi connectivity index (χ1v) is 17.5. The number of carbonyl (C=O) groups is 3. The van der Waals surface area contributed by atoms with E-state index in [9.17, 15) is 14.4 Å². The molecule has 2 aromatic rings. The second-order valence-corrected chi connectivity index (χ2v) is 14.1. The molecule has 0 aromatic carbocycles. The zero-order valence-electron chi connectivity index (χ0n) is 29.6. The van der Waals surface area contributed by atoms with Crippen LogP contribution >= 0.6 is 0 Å². The molecule has 5 atom stereocenters. The van der Waals surface area contributed by atoms with E-state index in [-0.39, 0.29) is 29.8 Å². The van der Waals surface area contributed by atoms with Gasteiger partial charge in [0.1, 0.15) is 18.5 Å². The summed E-state index contributed by atoms with van der Waals surface area (Å²) in [5.74, 6) is -0.850. The van der Waals surface area contributed by atoms with Crippen molar-refractivity contribution < 1.29 is 28.6 Å². The van der Waals surface area contributed by atoms with Crippen LogP contribution < -0.4 is 0 Å². The summed E-state index contributed by atoms with van der Waals surface area (Å²) < 4.78 is 17.8. The van der Waals surface area contributed by atoms with E-state index in [4.69, 9.17) is 14.2 Å². The van der Waals surface area contributed by atoms with Gasteiger partial charge in [0.05, 0.1) is 16.7 Å². The third-order valence-corrected chi connectivity index (χ3v) is 10.6. The quantitative estimate of drug-likeness (QED) is 0.0951. The van der Waals surface area contributed by atoms with Gasteiger partial charge in [0.2, 0.25) is 0 Å². The lowest BCUT2D eigenvalue weighted by Gasteiger charge is -2.59. The molecule has 3 aliphatic rings. The fourth-order valence-corrected chi connectivity index (χ4v) is 7.93. The molecule has 0 amide bonds. The first kappa shape index (κ1) is 36.4. The van der Waals surface area contributed by atoms with Crippen LogP contribution in [0.1, 0.15) is 93.4 Å². The van der Waals surface area contributed by atoms with Crippen molar-refractivity contribution in [1.82, 2.24) is 9.97 Å². The molecular weight excluding hydrogens is 628 g/mol. The van der Waals surface area contributed by atoms with Gasteiger partial charge in [-0.3, -0.25) is 9.97 Å². The number of nitrogens with zero attached hydrogens (tertiary/aromatic N) is 2. The van der Waals surface area contributed by atoms with Gasteiger partial charge in [-0.1, -0.05) is 62.0 Å². The number of fused-ring (bicyclic) bond motifs is 1. The number of aromatic nitrogens is 2. The van der Waals surface area contributed by atoms with Crippen molar-refractivity contribution in [3.8, 4) is 0 Å². The Morgan fingerprint density at radius 2 is 1.78 bits per heavy atom. The van der Waals surface area contributed by atoms with Crippen LogP contribution in [0.25, 0.3) is 0 Å². The number of hydrogen-bond acceptors (Lipinski definition) is 8. The lowest BCUT2D eigenvalue weighted by Crippen LogP contribution is -2.58. The van der Waals surface area contributed by atoms with Crippen molar-refractivity contribution in [2.45, 2.75) is 78.7 Å². The zero-order valence-corrected chi connectivity index (χ0v) is 29.6. The Hall–Kier alpha value is -4.85. The van der Waals surface area contributed by atoms with E-state index in [1.807, 2.05) is 26.0 Å². The van der Waals surface area contributed by atoms with Gasteiger partial charge in [0, 0.05) is 36.1 Å². The van der Waals surface area contributed by atoms with Crippen LogP contribution in [-0.2, 0) is 19.0 Å². The van der Waals surface area contributed by atoms with Gasteiger partial charge < -0.3 is 14.2 Å². The van der Waals surface area contributed by atoms with Crippen LogP contribution in [0.2, 0.25) is 0 Å². The van der Waals surface area contributed by atoms with Gasteiger partial charge >= 0.3 is 17.9 Å². The Kier molecular flexibility index (Phi) is 11.8. The lowest BCUT2D eigenvalue weighted by atomic mass is 9.46. The Labute approximate surface area is 295 Å². The molecule has 0 bridgehead atoms. The van der Waals surface area contributed by atoms with E-state index in [2.05, 4.69) is 54.7 Å². The summed E-state index contributed by atoms with van der Waals surface area (Å²) >= 11 is 0. The molecule has 0 N–H and O–H groups in total. The van der Waals surface area contributed by atoms with E-state index in [1.165, 1.54) is 12.4 Å². The third-order valence-electron chi connectivity index (χ3n) is 10.6. The number of cyclic esters (lactones) is 1. The molecule has 2 aliphatic carbocycles. The Bertz CT molecular complexity index is 1720. The van der Waals surface area contributed by atoms with Crippen LogP contribution in [0, 0.1) is 22.7 Å². The molecule has 1 aliphatic heterocycles. The Balaban J connectivity index is 1.38. The standard InChI is InChI=1S/C42H48N2O6/c1-6-7-8-9-10-13-29(2)24-34-25-31(39(46)49-34)17-18-35-30(3)16-19-36-41(35,4)21-20-37(50-40(47)33-15-12-23-44-27-33)42(36,5)28-48-38(45)32-14-11-22-43-26-32/h6-7,11-15,17-18,22-27,35-37H,3,8-10,16,19-21,28H2,1-2,4-5H3. The van der Waals surface area contributed by atoms with Crippen molar-refractivity contribution in [2.24, 2.45) is 22.7 Å². The highest BCUT2D eigenvalue weighted by Crippen LogP contribution is 2.62. The predicted octanol–water partition coefficient (Wildman–Crippen LogP) is 8.86. The van der Waals surface area contributed by atoms with Gasteiger partial charge in [0.15, 0.2) is 0 Å². The average Bonchev–Trinajstić information content (AvgIpc) is 3.46. The molecule has 50 heavy (non-hydrogen) atoms. The highest BCUT2D eigenvalue weighted by Gasteiger charge is 2.59. The number of unbranched alkanes of at least 4 members (excludes halogenated alkanes) is 2. The minimum absolute atomic E-state index is 0.00198. The molecule has 0 spiro atoms. The van der Waals surface area contributed by atoms with Crippen LogP contribution in [0.3, 0.4) is 0 Å². The monoisotopic (exact) mass is 676 g/mol. The van der Waals surface area contributed by atoms with Crippen LogP contribution in [0.15, 0.2) is 121 Å². The molecule has 2 fully saturated rings. The van der Waals surface area contributed by atoms with Crippen molar-refractivity contribution in [3.05, 3.63) is 132 Å². The van der Waals surface area contributed by atoms with E-state index < -0.39 is 23.5 Å². The molecule has 2 saturated carbocycles. The number of carbonyl (C=O) groups excluding carboxylic acids is 3. The molecule has 2 aromatic heterocycles. The molecule has 8 nitrogen and oxygen atoms in total. The first-order valence-electron chi connectivity index (χ1n) is 17.5. The van der Waals surface area contributed by atoms with Crippen molar-refractivity contribution >= 4 is 17.9 Å². The number of hydrogen-bond donors (Lipinski definition) is 0. The van der Waals surface area contributed by atoms with Gasteiger partial charge in [-0.15, -0.1) is 0 Å². The number of ether oxygens (including phenoxy) is 3. The topological polar surface area (TPSA) is 105 Å². The Morgan fingerprint density at radius 1 is 1.06 bits per heavy atom. The van der Waals surface area contributed by atoms with Crippen molar-refractivity contribution in [1.29, 1.82) is 0 Å². The maximum absolute atomic E-state index is 13.3. The molecular formula is C42H48N2O6. The number of rotatable bonds is 12. The average molecular weight is 677 g/mol. The Morgan fingerprint density at radius 3 is 2.46 bits per heavy atom. The van der Waals surface area contributed by atoms with Gasteiger partial charge in [-0.25, -0.2) is 14.4 Å². The fraction of sp³-hybridized carbons (Fsp3) is 0.405. The van der Waals surface area contributed by atoms with E-state index in [0.29, 0.717) is 28.9 Å². The summed E-state index contributed by atoms with van der Waals surface area (Å²) in [6, 6.07) is 6.74. The predicted molar refractivity (Wildman–Crippen MR) is 193 cm³/mol. The smallest absolute Gasteiger partial charge is 0.343 e. The normalized spacial score (nSPS) is 27.7. The van der Waals surface area contributed by atoms with Crippen LogP contribution in [0.4, 0.5) is 0 Å². The summed E-state index contributed by atoms with van der Waals surface area (Å²) in [5, 5.41) is 0. The molecule has 8 heteroatoms. The number of pyridine rings is 2. The van der Waals surface area contributed by atoms with Crippen LogP contribution in [0.5, 0.6) is 0 Å². The molecule has 262 valence electrons. The molecule has 5 unspecified atom stereocenters.